The summed E-state index contributed by atoms with van der Waals surface area (Å²) in [6, 6.07) is 0. The minimum atomic E-state index is -0.487. The Hall–Kier alpha value is -0.770. The van der Waals surface area contributed by atoms with E-state index in [4.69, 9.17) is 4.74 Å². The van der Waals surface area contributed by atoms with Crippen molar-refractivity contribution in [2.75, 3.05) is 13.1 Å². The summed E-state index contributed by atoms with van der Waals surface area (Å²) in [6.07, 6.45) is 6.63. The molecule has 1 heterocycles. The maximum absolute atomic E-state index is 12.4. The van der Waals surface area contributed by atoms with Crippen LogP contribution >= 0.6 is 0 Å². The molecule has 0 aromatic carbocycles. The van der Waals surface area contributed by atoms with Gasteiger partial charge in [-0.1, -0.05) is 32.6 Å². The number of carbonyl (C=O) groups excluding carboxylic acids is 1. The number of rotatable bonds is 0. The number of aliphatic hydroxyl groups is 1. The number of aliphatic hydroxyl groups excluding tert-OH is 1. The molecule has 0 aromatic rings. The summed E-state index contributed by atoms with van der Waals surface area (Å²) < 4.78 is 5.51. The molecule has 128 valence electrons. The number of ether oxygens (including phenoxy) is 1. The molecule has 4 atom stereocenters. The second kappa shape index (κ2) is 7.20. The Morgan fingerprint density at radius 2 is 1.64 bits per heavy atom. The first kappa shape index (κ1) is 17.6. The van der Waals surface area contributed by atoms with E-state index in [9.17, 15) is 9.90 Å². The smallest absolute Gasteiger partial charge is 0.410 e. The maximum Gasteiger partial charge on any atom is 0.410 e. The van der Waals surface area contributed by atoms with Gasteiger partial charge in [-0.05, 0) is 51.4 Å². The summed E-state index contributed by atoms with van der Waals surface area (Å²) in [7, 11) is 0. The highest BCUT2D eigenvalue weighted by Gasteiger charge is 2.39. The molecule has 4 nitrogen and oxygen atoms in total. The molecule has 0 radical (unpaired) electrons. The minimum absolute atomic E-state index is 0.285. The molecule has 1 saturated carbocycles. The fourth-order valence-corrected chi connectivity index (χ4v) is 4.12. The molecule has 2 aliphatic rings. The molecule has 1 aliphatic heterocycles. The minimum Gasteiger partial charge on any atom is -0.444 e. The SMILES string of the molecule is C[C@H]1CN(C(=O)OC(C)(C)C)CC(O)C2CCCCCCC21. The third-order valence-electron chi connectivity index (χ3n) is 5.17. The van der Waals surface area contributed by atoms with E-state index in [-0.39, 0.29) is 6.09 Å². The number of amides is 1. The largest absolute Gasteiger partial charge is 0.444 e. The number of carbonyl (C=O) groups is 1. The highest BCUT2D eigenvalue weighted by Crippen LogP contribution is 2.38. The quantitative estimate of drug-likeness (QED) is 0.740. The van der Waals surface area contributed by atoms with Crippen LogP contribution < -0.4 is 0 Å². The molecule has 1 N–H and O–H groups in total. The predicted octanol–water partition coefficient (Wildman–Crippen LogP) is 3.82. The van der Waals surface area contributed by atoms with Crippen molar-refractivity contribution in [1.82, 2.24) is 4.90 Å². The number of fused-ring (bicyclic) bond motifs is 1. The maximum atomic E-state index is 12.4. The van der Waals surface area contributed by atoms with Crippen LogP contribution in [-0.4, -0.2) is 40.9 Å². The topological polar surface area (TPSA) is 49.8 Å². The molecule has 4 heteroatoms. The van der Waals surface area contributed by atoms with Crippen molar-refractivity contribution in [3.63, 3.8) is 0 Å². The van der Waals surface area contributed by atoms with Gasteiger partial charge in [0.15, 0.2) is 0 Å². The fourth-order valence-electron chi connectivity index (χ4n) is 4.12. The Kier molecular flexibility index (Phi) is 5.76. The van der Waals surface area contributed by atoms with E-state index in [2.05, 4.69) is 6.92 Å². The summed E-state index contributed by atoms with van der Waals surface area (Å²) in [5, 5.41) is 10.7. The second-order valence-corrected chi connectivity index (χ2v) is 8.25. The lowest BCUT2D eigenvalue weighted by Gasteiger charge is -2.33. The zero-order chi connectivity index (χ0) is 16.3. The van der Waals surface area contributed by atoms with E-state index in [0.717, 1.165) is 6.42 Å². The molecule has 3 unspecified atom stereocenters. The Bertz CT molecular complexity index is 355. The Balaban J connectivity index is 2.10. The molecule has 2 rings (SSSR count). The molecular weight excluding hydrogens is 278 g/mol. The van der Waals surface area contributed by atoms with Crippen LogP contribution in [0.2, 0.25) is 0 Å². The summed E-state index contributed by atoms with van der Waals surface area (Å²) in [5.41, 5.74) is -0.487. The van der Waals surface area contributed by atoms with Crippen LogP contribution in [0, 0.1) is 17.8 Å². The Morgan fingerprint density at radius 3 is 2.23 bits per heavy atom. The van der Waals surface area contributed by atoms with Gasteiger partial charge >= 0.3 is 6.09 Å². The van der Waals surface area contributed by atoms with Crippen molar-refractivity contribution in [1.29, 1.82) is 0 Å². The molecular formula is C18H33NO3. The Labute approximate surface area is 135 Å². The Morgan fingerprint density at radius 1 is 1.05 bits per heavy atom. The first-order valence-corrected chi connectivity index (χ1v) is 8.94. The molecule has 0 bridgehead atoms. The molecule has 2 fully saturated rings. The van der Waals surface area contributed by atoms with Crippen LogP contribution in [-0.2, 0) is 4.74 Å². The molecule has 0 spiro atoms. The van der Waals surface area contributed by atoms with Crippen molar-refractivity contribution in [2.45, 2.75) is 77.9 Å². The van der Waals surface area contributed by atoms with Crippen molar-refractivity contribution in [3.8, 4) is 0 Å². The average Bonchev–Trinajstić information content (AvgIpc) is 2.45. The number of nitrogens with zero attached hydrogens (tertiary/aromatic N) is 1. The first-order chi connectivity index (χ1) is 10.3. The van der Waals surface area contributed by atoms with Crippen molar-refractivity contribution < 1.29 is 14.6 Å². The van der Waals surface area contributed by atoms with E-state index in [0.29, 0.717) is 30.8 Å². The van der Waals surface area contributed by atoms with Gasteiger partial charge in [0.05, 0.1) is 12.6 Å². The predicted molar refractivity (Wildman–Crippen MR) is 87.7 cm³/mol. The monoisotopic (exact) mass is 311 g/mol. The highest BCUT2D eigenvalue weighted by atomic mass is 16.6. The van der Waals surface area contributed by atoms with Gasteiger partial charge in [0.2, 0.25) is 0 Å². The van der Waals surface area contributed by atoms with Gasteiger partial charge in [-0.25, -0.2) is 4.79 Å². The van der Waals surface area contributed by atoms with Crippen LogP contribution in [0.25, 0.3) is 0 Å². The number of hydrogen-bond donors (Lipinski definition) is 1. The van der Waals surface area contributed by atoms with Gasteiger partial charge in [-0.3, -0.25) is 0 Å². The highest BCUT2D eigenvalue weighted by molar-refractivity contribution is 5.68. The van der Waals surface area contributed by atoms with Crippen molar-refractivity contribution in [2.24, 2.45) is 17.8 Å². The van der Waals surface area contributed by atoms with Gasteiger partial charge < -0.3 is 14.7 Å². The molecule has 0 aromatic heterocycles. The van der Waals surface area contributed by atoms with Crippen LogP contribution in [0.5, 0.6) is 0 Å². The van der Waals surface area contributed by atoms with Gasteiger partial charge in [-0.15, -0.1) is 0 Å². The van der Waals surface area contributed by atoms with E-state index < -0.39 is 11.7 Å². The lowest BCUT2D eigenvalue weighted by molar-refractivity contribution is 0.0102. The zero-order valence-electron chi connectivity index (χ0n) is 14.7. The van der Waals surface area contributed by atoms with Gasteiger partial charge in [-0.2, -0.15) is 0 Å². The van der Waals surface area contributed by atoms with Crippen molar-refractivity contribution >= 4 is 6.09 Å². The normalized spacial score (nSPS) is 34.1. The van der Waals surface area contributed by atoms with Crippen LogP contribution in [0.15, 0.2) is 0 Å². The van der Waals surface area contributed by atoms with E-state index in [1.807, 2.05) is 20.8 Å². The summed E-state index contributed by atoms with van der Waals surface area (Å²) >= 11 is 0. The lowest BCUT2D eigenvalue weighted by Crippen LogP contribution is -2.42. The van der Waals surface area contributed by atoms with Gasteiger partial charge in [0.1, 0.15) is 5.60 Å². The summed E-state index contributed by atoms with van der Waals surface area (Å²) in [5.74, 6) is 1.29. The summed E-state index contributed by atoms with van der Waals surface area (Å²) in [6.45, 7) is 9.01. The number of likely N-dealkylation sites (tertiary alicyclic amines) is 1. The zero-order valence-corrected chi connectivity index (χ0v) is 14.7. The van der Waals surface area contributed by atoms with Crippen LogP contribution in [0.4, 0.5) is 4.79 Å². The molecule has 1 saturated heterocycles. The van der Waals surface area contributed by atoms with E-state index in [1.54, 1.807) is 4.90 Å². The standard InChI is InChI=1S/C18H33NO3/c1-13-11-19(17(21)22-18(2,3)4)12-16(20)15-10-8-6-5-7-9-14(13)15/h13-16,20H,5-12H2,1-4H3/t13-,14?,15?,16?/m0/s1. The molecule has 1 aliphatic carbocycles. The summed E-state index contributed by atoms with van der Waals surface area (Å²) in [4.78, 5) is 14.1. The van der Waals surface area contributed by atoms with E-state index in [1.165, 1.54) is 32.1 Å². The van der Waals surface area contributed by atoms with Gasteiger partial charge in [0.25, 0.3) is 0 Å². The lowest BCUT2D eigenvalue weighted by atomic mass is 9.73. The average molecular weight is 311 g/mol. The molecule has 22 heavy (non-hydrogen) atoms. The van der Waals surface area contributed by atoms with Gasteiger partial charge in [0, 0.05) is 6.54 Å². The van der Waals surface area contributed by atoms with Crippen LogP contribution in [0.3, 0.4) is 0 Å². The van der Waals surface area contributed by atoms with Crippen LogP contribution in [0.1, 0.15) is 66.2 Å². The number of hydrogen-bond acceptors (Lipinski definition) is 3. The fraction of sp³-hybridized carbons (Fsp3) is 0.944. The van der Waals surface area contributed by atoms with Crippen molar-refractivity contribution in [3.05, 3.63) is 0 Å². The first-order valence-electron chi connectivity index (χ1n) is 8.94. The van der Waals surface area contributed by atoms with E-state index >= 15 is 0 Å². The third kappa shape index (κ3) is 4.61. The molecule has 1 amide bonds. The number of β-amino-alcohol motifs (C(OH)–C–C–N with tert-alkyl or cyclic N) is 1. The second-order valence-electron chi connectivity index (χ2n) is 8.25. The third-order valence-corrected chi connectivity index (χ3v) is 5.17.